The molecule has 4 nitrogen and oxygen atoms in total. The average molecular weight is 294 g/mol. The maximum absolute atomic E-state index is 13.7. The van der Waals surface area contributed by atoms with Crippen LogP contribution in [-0.4, -0.2) is 44.1 Å². The molecule has 1 aliphatic heterocycles. The number of halogens is 1. The molecule has 0 spiro atoms. The van der Waals surface area contributed by atoms with E-state index in [1.165, 1.54) is 19.2 Å². The lowest BCUT2D eigenvalue weighted by molar-refractivity contribution is 0.0728. The van der Waals surface area contributed by atoms with E-state index in [-0.39, 0.29) is 11.7 Å². The highest BCUT2D eigenvalue weighted by Crippen LogP contribution is 2.20. The maximum atomic E-state index is 13.7. The van der Waals surface area contributed by atoms with Crippen LogP contribution in [0, 0.1) is 11.7 Å². The quantitative estimate of drug-likeness (QED) is 0.906. The van der Waals surface area contributed by atoms with Gasteiger partial charge in [-0.05, 0) is 57.0 Å². The Hall–Kier alpha value is -1.62. The zero-order valence-electron chi connectivity index (χ0n) is 12.7. The van der Waals surface area contributed by atoms with Crippen molar-refractivity contribution in [3.8, 4) is 5.75 Å². The van der Waals surface area contributed by atoms with Gasteiger partial charge in [-0.3, -0.25) is 4.79 Å². The van der Waals surface area contributed by atoms with Crippen LogP contribution < -0.4 is 10.1 Å². The van der Waals surface area contributed by atoms with Crippen molar-refractivity contribution in [2.45, 2.75) is 19.8 Å². The molecule has 1 aromatic rings. The number of benzene rings is 1. The molecule has 1 saturated heterocycles. The summed E-state index contributed by atoms with van der Waals surface area (Å²) in [4.78, 5) is 14.3. The van der Waals surface area contributed by atoms with Gasteiger partial charge in [-0.25, -0.2) is 4.39 Å². The van der Waals surface area contributed by atoms with Crippen molar-refractivity contribution >= 4 is 5.91 Å². The van der Waals surface area contributed by atoms with Gasteiger partial charge in [0, 0.05) is 18.7 Å². The number of carbonyl (C=O) groups is 1. The Morgan fingerprint density at radius 1 is 1.52 bits per heavy atom. The summed E-state index contributed by atoms with van der Waals surface area (Å²) in [5, 5.41) is 3.35. The lowest BCUT2D eigenvalue weighted by atomic mass is 9.98. The molecule has 116 valence electrons. The van der Waals surface area contributed by atoms with Gasteiger partial charge in [0.2, 0.25) is 0 Å². The number of hydrogen-bond acceptors (Lipinski definition) is 3. The highest BCUT2D eigenvalue weighted by molar-refractivity contribution is 5.94. The predicted molar refractivity (Wildman–Crippen MR) is 80.1 cm³/mol. The zero-order valence-corrected chi connectivity index (χ0v) is 12.7. The standard InChI is InChI=1S/C16H23FN2O2/c1-3-19(11-12-5-4-8-18-10-12)16(20)13-6-7-15(21-2)14(17)9-13/h6-7,9,12,18H,3-5,8,10-11H2,1-2H3. The normalized spacial score (nSPS) is 18.3. The van der Waals surface area contributed by atoms with E-state index in [1.54, 1.807) is 11.0 Å². The number of nitrogens with zero attached hydrogens (tertiary/aromatic N) is 1. The third-order valence-corrected chi connectivity index (χ3v) is 3.95. The molecule has 2 rings (SSSR count). The van der Waals surface area contributed by atoms with Crippen LogP contribution in [-0.2, 0) is 0 Å². The van der Waals surface area contributed by atoms with E-state index >= 15 is 0 Å². The molecule has 1 fully saturated rings. The minimum absolute atomic E-state index is 0.121. The van der Waals surface area contributed by atoms with Crippen molar-refractivity contribution in [1.82, 2.24) is 10.2 Å². The van der Waals surface area contributed by atoms with Crippen LogP contribution in [0.3, 0.4) is 0 Å². The van der Waals surface area contributed by atoms with Crippen LogP contribution >= 0.6 is 0 Å². The zero-order chi connectivity index (χ0) is 15.2. The number of methoxy groups -OCH3 is 1. The van der Waals surface area contributed by atoms with Crippen molar-refractivity contribution in [1.29, 1.82) is 0 Å². The van der Waals surface area contributed by atoms with Gasteiger partial charge in [0.1, 0.15) is 0 Å². The van der Waals surface area contributed by atoms with Gasteiger partial charge < -0.3 is 15.0 Å². The Kier molecular flexibility index (Phi) is 5.56. The Morgan fingerprint density at radius 2 is 2.33 bits per heavy atom. The van der Waals surface area contributed by atoms with Gasteiger partial charge in [0.25, 0.3) is 5.91 Å². The first kappa shape index (κ1) is 15.8. The van der Waals surface area contributed by atoms with Crippen molar-refractivity contribution in [2.75, 3.05) is 33.3 Å². The van der Waals surface area contributed by atoms with E-state index in [4.69, 9.17) is 4.74 Å². The fourth-order valence-electron chi connectivity index (χ4n) is 2.73. The molecule has 1 heterocycles. The van der Waals surface area contributed by atoms with Crippen LogP contribution in [0.1, 0.15) is 30.1 Å². The van der Waals surface area contributed by atoms with E-state index in [0.717, 1.165) is 32.5 Å². The molecule has 1 amide bonds. The smallest absolute Gasteiger partial charge is 0.253 e. The van der Waals surface area contributed by atoms with E-state index in [2.05, 4.69) is 5.32 Å². The molecule has 0 bridgehead atoms. The van der Waals surface area contributed by atoms with Gasteiger partial charge in [0.15, 0.2) is 11.6 Å². The van der Waals surface area contributed by atoms with Gasteiger partial charge in [-0.1, -0.05) is 0 Å². The summed E-state index contributed by atoms with van der Waals surface area (Å²) in [5.41, 5.74) is 0.374. The predicted octanol–water partition coefficient (Wildman–Crippen LogP) is 2.30. The Balaban J connectivity index is 2.06. The maximum Gasteiger partial charge on any atom is 0.253 e. The largest absolute Gasteiger partial charge is 0.494 e. The number of ether oxygens (including phenoxy) is 1. The van der Waals surface area contributed by atoms with E-state index in [9.17, 15) is 9.18 Å². The first-order valence-electron chi connectivity index (χ1n) is 7.49. The number of hydrogen-bond donors (Lipinski definition) is 1. The Labute approximate surface area is 125 Å². The van der Waals surface area contributed by atoms with Gasteiger partial charge in [-0.2, -0.15) is 0 Å². The summed E-state index contributed by atoms with van der Waals surface area (Å²) in [7, 11) is 1.41. The van der Waals surface area contributed by atoms with E-state index < -0.39 is 5.82 Å². The van der Waals surface area contributed by atoms with E-state index in [1.807, 2.05) is 6.92 Å². The third kappa shape index (κ3) is 3.94. The first-order chi connectivity index (χ1) is 10.2. The number of amides is 1. The molecule has 1 atom stereocenters. The van der Waals surface area contributed by atoms with Crippen molar-refractivity contribution < 1.29 is 13.9 Å². The molecule has 0 aromatic heterocycles. The lowest BCUT2D eigenvalue weighted by Crippen LogP contribution is -2.41. The highest BCUT2D eigenvalue weighted by Gasteiger charge is 2.21. The molecule has 0 saturated carbocycles. The monoisotopic (exact) mass is 294 g/mol. The molecular weight excluding hydrogens is 271 g/mol. The summed E-state index contributed by atoms with van der Waals surface area (Å²) in [6, 6.07) is 4.37. The second kappa shape index (κ2) is 7.41. The fourth-order valence-corrected chi connectivity index (χ4v) is 2.73. The fraction of sp³-hybridized carbons (Fsp3) is 0.562. The van der Waals surface area contributed by atoms with Crippen LogP contribution in [0.5, 0.6) is 5.75 Å². The molecule has 1 aromatic carbocycles. The SMILES string of the molecule is CCN(CC1CCCNC1)C(=O)c1ccc(OC)c(F)c1. The summed E-state index contributed by atoms with van der Waals surface area (Å²) in [6.07, 6.45) is 2.28. The molecule has 21 heavy (non-hydrogen) atoms. The number of piperidine rings is 1. The molecule has 1 aliphatic rings. The molecule has 1 unspecified atom stereocenters. The van der Waals surface area contributed by atoms with Gasteiger partial charge in [-0.15, -0.1) is 0 Å². The van der Waals surface area contributed by atoms with Crippen LogP contribution in [0.25, 0.3) is 0 Å². The minimum atomic E-state index is -0.501. The molecule has 5 heteroatoms. The summed E-state index contributed by atoms with van der Waals surface area (Å²) < 4.78 is 18.6. The second-order valence-electron chi connectivity index (χ2n) is 5.41. The topological polar surface area (TPSA) is 41.6 Å². The molecule has 1 N–H and O–H groups in total. The van der Waals surface area contributed by atoms with Crippen LogP contribution in [0.4, 0.5) is 4.39 Å². The van der Waals surface area contributed by atoms with Crippen molar-refractivity contribution in [3.63, 3.8) is 0 Å². The number of rotatable bonds is 5. The Morgan fingerprint density at radius 3 is 2.90 bits per heavy atom. The van der Waals surface area contributed by atoms with Gasteiger partial charge in [0.05, 0.1) is 7.11 Å². The molecule has 0 radical (unpaired) electrons. The summed E-state index contributed by atoms with van der Waals surface area (Å²) in [6.45, 7) is 5.30. The van der Waals surface area contributed by atoms with E-state index in [0.29, 0.717) is 18.0 Å². The van der Waals surface area contributed by atoms with Crippen LogP contribution in [0.2, 0.25) is 0 Å². The van der Waals surface area contributed by atoms with Crippen LogP contribution in [0.15, 0.2) is 18.2 Å². The molecular formula is C16H23FN2O2. The first-order valence-corrected chi connectivity index (χ1v) is 7.49. The third-order valence-electron chi connectivity index (χ3n) is 3.95. The lowest BCUT2D eigenvalue weighted by Gasteiger charge is -2.29. The highest BCUT2D eigenvalue weighted by atomic mass is 19.1. The molecule has 0 aliphatic carbocycles. The number of carbonyl (C=O) groups excluding carboxylic acids is 1. The number of nitrogens with one attached hydrogen (secondary N) is 1. The minimum Gasteiger partial charge on any atom is -0.494 e. The van der Waals surface area contributed by atoms with Gasteiger partial charge >= 0.3 is 0 Å². The average Bonchev–Trinajstić information content (AvgIpc) is 2.53. The second-order valence-corrected chi connectivity index (χ2v) is 5.41. The Bertz CT molecular complexity index is 487. The van der Waals surface area contributed by atoms with Crippen molar-refractivity contribution in [2.24, 2.45) is 5.92 Å². The summed E-state index contributed by atoms with van der Waals surface area (Å²) >= 11 is 0. The van der Waals surface area contributed by atoms with Crippen molar-refractivity contribution in [3.05, 3.63) is 29.6 Å². The summed E-state index contributed by atoms with van der Waals surface area (Å²) in [5.74, 6) is 0.0141.